The van der Waals surface area contributed by atoms with Gasteiger partial charge < -0.3 is 20.4 Å². The van der Waals surface area contributed by atoms with E-state index in [0.717, 1.165) is 30.1 Å². The molecule has 0 spiro atoms. The van der Waals surface area contributed by atoms with Crippen molar-refractivity contribution in [2.75, 3.05) is 27.7 Å². The number of thiazole rings is 1. The number of hydroxylamine groups is 1. The van der Waals surface area contributed by atoms with Gasteiger partial charge in [0.25, 0.3) is 11.8 Å². The number of carbonyl (C=O) groups is 3. The van der Waals surface area contributed by atoms with Crippen LogP contribution in [0.1, 0.15) is 39.6 Å². The number of likely N-dealkylation sites (N-methyl/N-ethyl adjacent to an activating group) is 1. The third-order valence-corrected chi connectivity index (χ3v) is 8.11. The van der Waals surface area contributed by atoms with Gasteiger partial charge in [-0.15, -0.1) is 23.7 Å². The van der Waals surface area contributed by atoms with Crippen molar-refractivity contribution in [1.82, 2.24) is 30.9 Å². The lowest BCUT2D eigenvalue weighted by Crippen LogP contribution is -2.57. The topological polar surface area (TPSA) is 139 Å². The number of amides is 3. The van der Waals surface area contributed by atoms with Crippen LogP contribution in [-0.2, 0) is 22.6 Å². The van der Waals surface area contributed by atoms with Gasteiger partial charge in [0.2, 0.25) is 11.7 Å². The van der Waals surface area contributed by atoms with Crippen LogP contribution in [0, 0.1) is 5.92 Å². The lowest BCUT2D eigenvalue weighted by molar-refractivity contribution is -0.134. The van der Waals surface area contributed by atoms with Crippen LogP contribution in [-0.4, -0.2) is 83.3 Å². The fourth-order valence-corrected chi connectivity index (χ4v) is 5.97. The molecule has 1 aromatic heterocycles. The second-order valence-corrected chi connectivity index (χ2v) is 11.3. The fraction of sp³-hybridized carbons (Fsp3) is 0.480. The Morgan fingerprint density at radius 3 is 2.54 bits per heavy atom. The van der Waals surface area contributed by atoms with E-state index in [-0.39, 0.29) is 36.0 Å². The van der Waals surface area contributed by atoms with E-state index in [4.69, 9.17) is 11.6 Å². The van der Waals surface area contributed by atoms with Gasteiger partial charge in [-0.2, -0.15) is 0 Å². The number of nitrogens with one attached hydrogen (secondary N) is 3. The van der Waals surface area contributed by atoms with E-state index in [1.54, 1.807) is 43.3 Å². The van der Waals surface area contributed by atoms with Crippen molar-refractivity contribution in [3.8, 4) is 0 Å². The molecule has 0 saturated heterocycles. The molecule has 0 radical (unpaired) electrons. The number of halogens is 2. The van der Waals surface area contributed by atoms with Crippen LogP contribution in [0.25, 0.3) is 0 Å². The molecule has 1 aliphatic heterocycles. The van der Waals surface area contributed by atoms with Crippen LogP contribution in [0.4, 0.5) is 5.69 Å². The summed E-state index contributed by atoms with van der Waals surface area (Å²) in [5.74, 6) is -1.59. The molecular weight excluding hydrogens is 565 g/mol. The van der Waals surface area contributed by atoms with Gasteiger partial charge in [0.1, 0.15) is 0 Å². The van der Waals surface area contributed by atoms with E-state index in [9.17, 15) is 19.6 Å². The van der Waals surface area contributed by atoms with Gasteiger partial charge in [0, 0.05) is 55.5 Å². The first-order valence-electron chi connectivity index (χ1n) is 12.4. The zero-order valence-corrected chi connectivity index (χ0v) is 24.3. The minimum Gasteiger partial charge on any atom is -0.349 e. The lowest BCUT2D eigenvalue weighted by Gasteiger charge is -2.37. The molecule has 3 atom stereocenters. The standard InChI is InChI=1S/C25H32ClN7O4S.ClH/c1-32(2)25(36)14-4-9-17(28-22(34)21(31-37)27-16-7-5-15(26)6-8-16)19(12-14)29-23(35)24-30-18-10-11-33(3)13-20(18)38-24;/h5-8,14,17,19,37H,4,9-13H2,1-3H3,(H,27,31)(H,28,34)(H,29,35);1H/t14-,17+,19-;/m0./s1. The maximum absolute atomic E-state index is 13.2. The Morgan fingerprint density at radius 2 is 1.87 bits per heavy atom. The number of rotatable bonds is 5. The van der Waals surface area contributed by atoms with Crippen molar-refractivity contribution >= 4 is 64.6 Å². The van der Waals surface area contributed by atoms with Gasteiger partial charge >= 0.3 is 0 Å². The van der Waals surface area contributed by atoms with Crippen LogP contribution < -0.4 is 16.1 Å². The van der Waals surface area contributed by atoms with Gasteiger partial charge in [0.05, 0.1) is 17.4 Å². The van der Waals surface area contributed by atoms with Crippen LogP contribution >= 0.6 is 35.3 Å². The van der Waals surface area contributed by atoms with Crippen molar-refractivity contribution in [1.29, 1.82) is 0 Å². The summed E-state index contributed by atoms with van der Waals surface area (Å²) in [6, 6.07) is 5.46. The van der Waals surface area contributed by atoms with Gasteiger partial charge in [0.15, 0.2) is 5.01 Å². The Balaban J connectivity index is 0.00000420. The summed E-state index contributed by atoms with van der Waals surface area (Å²) < 4.78 is 0. The second-order valence-electron chi connectivity index (χ2n) is 9.83. The largest absolute Gasteiger partial charge is 0.349 e. The average Bonchev–Trinajstić information content (AvgIpc) is 3.32. The summed E-state index contributed by atoms with van der Waals surface area (Å²) in [6.45, 7) is 1.65. The first kappa shape index (κ1) is 30.8. The van der Waals surface area contributed by atoms with Gasteiger partial charge in [-0.1, -0.05) is 11.6 Å². The minimum absolute atomic E-state index is 0. The predicted octanol–water partition coefficient (Wildman–Crippen LogP) is 2.39. The molecule has 2 heterocycles. The Bertz CT molecular complexity index is 1220. The average molecular weight is 599 g/mol. The molecule has 3 amide bonds. The van der Waals surface area contributed by atoms with Gasteiger partial charge in [-0.25, -0.2) is 15.5 Å². The molecule has 14 heteroatoms. The Hall–Kier alpha value is -2.77. The number of nitrogens with zero attached hydrogens (tertiary/aromatic N) is 4. The summed E-state index contributed by atoms with van der Waals surface area (Å²) >= 11 is 7.28. The van der Waals surface area contributed by atoms with E-state index >= 15 is 0 Å². The third-order valence-electron chi connectivity index (χ3n) is 6.78. The molecule has 1 aliphatic carbocycles. The number of hydrogen-bond acceptors (Lipinski definition) is 8. The minimum atomic E-state index is -0.642. The normalized spacial score (nSPS) is 21.3. The molecular formula is C25H33Cl2N7O4S. The summed E-state index contributed by atoms with van der Waals surface area (Å²) in [5.41, 5.74) is 3.22. The maximum Gasteiger partial charge on any atom is 0.289 e. The van der Waals surface area contributed by atoms with Crippen molar-refractivity contribution < 1.29 is 19.6 Å². The molecule has 1 fully saturated rings. The highest BCUT2D eigenvalue weighted by Crippen LogP contribution is 2.28. The predicted molar refractivity (Wildman–Crippen MR) is 152 cm³/mol. The van der Waals surface area contributed by atoms with E-state index in [1.165, 1.54) is 11.3 Å². The molecule has 39 heavy (non-hydrogen) atoms. The smallest absolute Gasteiger partial charge is 0.289 e. The molecule has 4 N–H and O–H groups in total. The number of carbonyl (C=O) groups excluding carboxylic acids is 3. The Morgan fingerprint density at radius 1 is 1.15 bits per heavy atom. The number of amidine groups is 1. The molecule has 0 unspecified atom stereocenters. The number of hydrogen-bond donors (Lipinski definition) is 4. The van der Waals surface area contributed by atoms with E-state index < -0.39 is 18.0 Å². The zero-order valence-electron chi connectivity index (χ0n) is 21.9. The summed E-state index contributed by atoms with van der Waals surface area (Å²) in [5, 5.41) is 16.4. The molecule has 11 nitrogen and oxygen atoms in total. The highest BCUT2D eigenvalue weighted by atomic mass is 35.5. The zero-order chi connectivity index (χ0) is 27.4. The summed E-state index contributed by atoms with van der Waals surface area (Å²) in [4.78, 5) is 52.5. The number of aromatic nitrogens is 1. The quantitative estimate of drug-likeness (QED) is 0.236. The van der Waals surface area contributed by atoms with Gasteiger partial charge in [-0.05, 0) is 50.6 Å². The number of fused-ring (bicyclic) bond motifs is 1. The first-order chi connectivity index (χ1) is 18.1. The molecule has 4 rings (SSSR count). The van der Waals surface area contributed by atoms with Crippen LogP contribution in [0.5, 0.6) is 0 Å². The van der Waals surface area contributed by atoms with Crippen LogP contribution in [0.15, 0.2) is 29.3 Å². The Labute approximate surface area is 242 Å². The van der Waals surface area contributed by atoms with Gasteiger partial charge in [-0.3, -0.25) is 19.6 Å². The molecule has 2 aliphatic rings. The number of aliphatic imine (C=N–C) groups is 1. The SMILES string of the molecule is CN1CCc2nc(C(=O)N[C@H]3C[C@@H](C(=O)N(C)C)CC[C@H]3NC(=O)C(=Nc3ccc(Cl)cc3)NO)sc2C1.Cl. The van der Waals surface area contributed by atoms with Crippen molar-refractivity contribution in [2.45, 2.75) is 44.3 Å². The monoisotopic (exact) mass is 597 g/mol. The lowest BCUT2D eigenvalue weighted by atomic mass is 9.81. The summed E-state index contributed by atoms with van der Waals surface area (Å²) in [6.07, 6.45) is 2.15. The first-order valence-corrected chi connectivity index (χ1v) is 13.6. The molecule has 2 aromatic rings. The molecule has 1 saturated carbocycles. The highest BCUT2D eigenvalue weighted by molar-refractivity contribution is 7.13. The van der Waals surface area contributed by atoms with Crippen LogP contribution in [0.3, 0.4) is 0 Å². The third kappa shape index (κ3) is 7.67. The maximum atomic E-state index is 13.2. The molecule has 0 bridgehead atoms. The molecule has 212 valence electrons. The van der Waals surface area contributed by atoms with E-state index in [1.807, 2.05) is 12.5 Å². The van der Waals surface area contributed by atoms with Crippen LogP contribution in [0.2, 0.25) is 5.02 Å². The molecule has 1 aromatic carbocycles. The van der Waals surface area contributed by atoms with Crippen molar-refractivity contribution in [3.63, 3.8) is 0 Å². The van der Waals surface area contributed by atoms with E-state index in [0.29, 0.717) is 35.0 Å². The van der Waals surface area contributed by atoms with Crippen molar-refractivity contribution in [3.05, 3.63) is 44.9 Å². The van der Waals surface area contributed by atoms with Crippen molar-refractivity contribution in [2.24, 2.45) is 10.9 Å². The number of benzene rings is 1. The highest BCUT2D eigenvalue weighted by Gasteiger charge is 2.37. The van der Waals surface area contributed by atoms with E-state index in [2.05, 4.69) is 25.5 Å². The second kappa shape index (κ2) is 13.5. The fourth-order valence-electron chi connectivity index (χ4n) is 4.75. The summed E-state index contributed by atoms with van der Waals surface area (Å²) in [7, 11) is 5.44. The Kier molecular flexibility index (Phi) is 10.7.